The van der Waals surface area contributed by atoms with E-state index in [1.54, 1.807) is 0 Å². The van der Waals surface area contributed by atoms with Gasteiger partial charge in [-0.3, -0.25) is 14.9 Å². The number of imide groups is 1. The Bertz CT molecular complexity index is 728. The summed E-state index contributed by atoms with van der Waals surface area (Å²) in [4.78, 5) is 34.1. The molecule has 0 bridgehead atoms. The zero-order valence-electron chi connectivity index (χ0n) is 11.7. The van der Waals surface area contributed by atoms with Crippen molar-refractivity contribution in [3.8, 4) is 0 Å². The molecule has 1 aliphatic rings. The number of sulfonamides is 1. The topological polar surface area (TPSA) is 119 Å². The fourth-order valence-corrected chi connectivity index (χ4v) is 3.46. The first-order valence-corrected chi connectivity index (χ1v) is 7.87. The van der Waals surface area contributed by atoms with Gasteiger partial charge < -0.3 is 4.74 Å². The van der Waals surface area contributed by atoms with Gasteiger partial charge in [-0.05, 0) is 18.6 Å². The van der Waals surface area contributed by atoms with Crippen LogP contribution in [0.5, 0.6) is 0 Å². The summed E-state index contributed by atoms with van der Waals surface area (Å²) in [6.45, 7) is 0. The molecular formula is C13H14N2O6S. The molecule has 2 rings (SSSR count). The molecule has 1 aromatic carbocycles. The van der Waals surface area contributed by atoms with E-state index in [1.807, 2.05) is 0 Å². The molecule has 1 unspecified atom stereocenters. The van der Waals surface area contributed by atoms with Crippen molar-refractivity contribution in [1.82, 2.24) is 10.0 Å². The van der Waals surface area contributed by atoms with Gasteiger partial charge >= 0.3 is 5.97 Å². The summed E-state index contributed by atoms with van der Waals surface area (Å²) in [5.41, 5.74) is -0.134. The maximum absolute atomic E-state index is 12.4. The van der Waals surface area contributed by atoms with Crippen molar-refractivity contribution >= 4 is 27.8 Å². The Morgan fingerprint density at radius 1 is 1.32 bits per heavy atom. The lowest BCUT2D eigenvalue weighted by molar-refractivity contribution is -0.134. The highest BCUT2D eigenvalue weighted by Crippen LogP contribution is 2.18. The Balaban J connectivity index is 2.30. The molecule has 1 aliphatic heterocycles. The monoisotopic (exact) mass is 326 g/mol. The predicted molar refractivity (Wildman–Crippen MR) is 74.3 cm³/mol. The van der Waals surface area contributed by atoms with Gasteiger partial charge in [0, 0.05) is 6.42 Å². The van der Waals surface area contributed by atoms with Gasteiger partial charge in [0.25, 0.3) is 0 Å². The van der Waals surface area contributed by atoms with Crippen molar-refractivity contribution < 1.29 is 27.5 Å². The zero-order valence-corrected chi connectivity index (χ0v) is 12.5. The van der Waals surface area contributed by atoms with Gasteiger partial charge in [0.2, 0.25) is 21.8 Å². The van der Waals surface area contributed by atoms with E-state index in [0.717, 1.165) is 7.11 Å². The Hall–Kier alpha value is -2.26. The van der Waals surface area contributed by atoms with E-state index in [0.29, 0.717) is 0 Å². The summed E-state index contributed by atoms with van der Waals surface area (Å²) < 4.78 is 31.5. The maximum Gasteiger partial charge on any atom is 0.339 e. The average Bonchev–Trinajstić information content (AvgIpc) is 2.49. The molecule has 0 aliphatic carbocycles. The molecule has 8 nitrogen and oxygen atoms in total. The van der Waals surface area contributed by atoms with Gasteiger partial charge in [-0.15, -0.1) is 0 Å². The van der Waals surface area contributed by atoms with Crippen LogP contribution in [0, 0.1) is 0 Å². The number of rotatable bonds is 4. The number of carbonyl (C=O) groups excluding carboxylic acids is 3. The van der Waals surface area contributed by atoms with E-state index < -0.39 is 33.8 Å². The first-order valence-electron chi connectivity index (χ1n) is 6.38. The van der Waals surface area contributed by atoms with Gasteiger partial charge in [-0.25, -0.2) is 13.2 Å². The predicted octanol–water partition coefficient (Wildman–Crippen LogP) is -0.443. The number of carbonyl (C=O) groups is 3. The largest absolute Gasteiger partial charge is 0.465 e. The summed E-state index contributed by atoms with van der Waals surface area (Å²) in [7, 11) is -2.98. The van der Waals surface area contributed by atoms with Gasteiger partial charge in [-0.2, -0.15) is 4.72 Å². The molecule has 0 radical (unpaired) electrons. The number of esters is 1. The van der Waals surface area contributed by atoms with E-state index in [2.05, 4.69) is 14.8 Å². The highest BCUT2D eigenvalue weighted by Gasteiger charge is 2.32. The third kappa shape index (κ3) is 3.31. The minimum Gasteiger partial charge on any atom is -0.465 e. The van der Waals surface area contributed by atoms with Crippen molar-refractivity contribution in [2.24, 2.45) is 0 Å². The highest BCUT2D eigenvalue weighted by molar-refractivity contribution is 7.89. The number of hydrogen-bond donors (Lipinski definition) is 2. The Kier molecular flexibility index (Phi) is 4.57. The Morgan fingerprint density at radius 2 is 2.00 bits per heavy atom. The molecule has 1 atom stereocenters. The molecule has 1 saturated heterocycles. The maximum atomic E-state index is 12.4. The van der Waals surface area contributed by atoms with Crippen molar-refractivity contribution in [2.45, 2.75) is 23.8 Å². The second-order valence-electron chi connectivity index (χ2n) is 4.61. The molecule has 2 amide bonds. The number of methoxy groups -OCH3 is 1. The van der Waals surface area contributed by atoms with Crippen LogP contribution >= 0.6 is 0 Å². The summed E-state index contributed by atoms with van der Waals surface area (Å²) in [5, 5.41) is 2.06. The van der Waals surface area contributed by atoms with Gasteiger partial charge in [-0.1, -0.05) is 12.1 Å². The van der Waals surface area contributed by atoms with Crippen LogP contribution in [0.15, 0.2) is 29.2 Å². The number of amides is 2. The van der Waals surface area contributed by atoms with E-state index in [9.17, 15) is 22.8 Å². The summed E-state index contributed by atoms with van der Waals surface area (Å²) in [6, 6.07) is 4.43. The van der Waals surface area contributed by atoms with Crippen LogP contribution < -0.4 is 10.0 Å². The Morgan fingerprint density at radius 3 is 2.64 bits per heavy atom. The van der Waals surface area contributed by atoms with Crippen molar-refractivity contribution in [2.75, 3.05) is 7.11 Å². The zero-order chi connectivity index (χ0) is 16.3. The third-order valence-corrected chi connectivity index (χ3v) is 4.65. The van der Waals surface area contributed by atoms with Crippen LogP contribution in [0.4, 0.5) is 0 Å². The Labute approximate surface area is 126 Å². The molecule has 1 fully saturated rings. The highest BCUT2D eigenvalue weighted by atomic mass is 32.2. The average molecular weight is 326 g/mol. The lowest BCUT2D eigenvalue weighted by atomic mass is 10.1. The molecule has 1 aromatic rings. The lowest BCUT2D eigenvalue weighted by Crippen LogP contribution is -2.52. The van der Waals surface area contributed by atoms with E-state index in [4.69, 9.17) is 0 Å². The minimum atomic E-state index is -4.12. The van der Waals surface area contributed by atoms with Crippen molar-refractivity contribution in [3.63, 3.8) is 0 Å². The number of nitrogens with one attached hydrogen (secondary N) is 2. The standard InChI is InChI=1S/C13H14N2O6S/c1-21-13(18)8-4-2-3-5-10(8)22(19,20)15-9-6-7-11(16)14-12(9)17/h2-5,9,15H,6-7H2,1H3,(H,14,16,17). The first kappa shape index (κ1) is 16.1. The second kappa shape index (κ2) is 6.24. The molecule has 0 spiro atoms. The molecule has 0 aromatic heterocycles. The third-order valence-electron chi connectivity index (χ3n) is 3.12. The molecule has 22 heavy (non-hydrogen) atoms. The van der Waals surface area contributed by atoms with Gasteiger partial charge in [0.15, 0.2) is 0 Å². The molecule has 1 heterocycles. The molecule has 0 saturated carbocycles. The van der Waals surface area contributed by atoms with Gasteiger partial charge in [0.1, 0.15) is 6.04 Å². The number of piperidine rings is 1. The smallest absolute Gasteiger partial charge is 0.339 e. The fraction of sp³-hybridized carbons (Fsp3) is 0.308. The minimum absolute atomic E-state index is 0.0393. The van der Waals surface area contributed by atoms with Crippen LogP contribution in [0.25, 0.3) is 0 Å². The number of ether oxygens (including phenoxy) is 1. The van der Waals surface area contributed by atoms with E-state index in [1.165, 1.54) is 24.3 Å². The molecule has 9 heteroatoms. The normalized spacial score (nSPS) is 18.7. The van der Waals surface area contributed by atoms with Crippen molar-refractivity contribution in [1.29, 1.82) is 0 Å². The van der Waals surface area contributed by atoms with E-state index >= 15 is 0 Å². The van der Waals surface area contributed by atoms with Crippen LogP contribution in [-0.2, 0) is 24.3 Å². The van der Waals surface area contributed by atoms with E-state index in [-0.39, 0.29) is 23.3 Å². The van der Waals surface area contributed by atoms with Crippen LogP contribution in [0.2, 0.25) is 0 Å². The van der Waals surface area contributed by atoms with Crippen LogP contribution in [0.3, 0.4) is 0 Å². The summed E-state index contributed by atoms with van der Waals surface area (Å²) in [5.74, 6) is -1.96. The second-order valence-corrected chi connectivity index (χ2v) is 6.30. The SMILES string of the molecule is COC(=O)c1ccccc1S(=O)(=O)NC1CCC(=O)NC1=O. The lowest BCUT2D eigenvalue weighted by Gasteiger charge is -2.22. The molecule has 118 valence electrons. The summed E-state index contributed by atoms with van der Waals surface area (Å²) >= 11 is 0. The van der Waals surface area contributed by atoms with Gasteiger partial charge in [0.05, 0.1) is 17.6 Å². The van der Waals surface area contributed by atoms with Crippen LogP contribution in [-0.4, -0.2) is 39.4 Å². The van der Waals surface area contributed by atoms with Crippen molar-refractivity contribution in [3.05, 3.63) is 29.8 Å². The molecular weight excluding hydrogens is 312 g/mol. The van der Waals surface area contributed by atoms with Crippen LogP contribution in [0.1, 0.15) is 23.2 Å². The number of benzene rings is 1. The molecule has 2 N–H and O–H groups in total. The number of hydrogen-bond acceptors (Lipinski definition) is 6. The summed E-state index contributed by atoms with van der Waals surface area (Å²) in [6.07, 6.45) is 0.0991. The quantitative estimate of drug-likeness (QED) is 0.572. The first-order chi connectivity index (χ1) is 10.3. The fourth-order valence-electron chi connectivity index (χ4n) is 2.04.